The zero-order valence-corrected chi connectivity index (χ0v) is 23.8. The van der Waals surface area contributed by atoms with Crippen LogP contribution in [0.3, 0.4) is 0 Å². The number of aliphatic hydroxyl groups excluding tert-OH is 1. The average Bonchev–Trinajstić information content (AvgIpc) is 3.54. The van der Waals surface area contributed by atoms with Crippen molar-refractivity contribution in [2.45, 2.75) is 39.0 Å². The van der Waals surface area contributed by atoms with Crippen LogP contribution in [0.15, 0.2) is 48.7 Å². The Balaban J connectivity index is 1.94. The fourth-order valence-corrected chi connectivity index (χ4v) is 5.53. The minimum Gasteiger partial charge on any atom is -0.508 e. The highest BCUT2D eigenvalue weighted by Gasteiger charge is 2.44. The van der Waals surface area contributed by atoms with Gasteiger partial charge < -0.3 is 30.3 Å². The molecule has 2 aromatic carbocycles. The number of benzene rings is 2. The summed E-state index contributed by atoms with van der Waals surface area (Å²) < 4.78 is 45.6. The normalized spacial score (nSPS) is 17.7. The topological polar surface area (TPSA) is 120 Å². The third-order valence-electron chi connectivity index (χ3n) is 7.61. The van der Waals surface area contributed by atoms with E-state index in [9.17, 15) is 33.0 Å². The number of aliphatic hydroxyl groups is 1. The van der Waals surface area contributed by atoms with Crippen LogP contribution in [0.25, 0.3) is 11.3 Å². The van der Waals surface area contributed by atoms with Crippen LogP contribution in [0.2, 0.25) is 0 Å². The molecule has 2 heterocycles. The second kappa shape index (κ2) is 13.0. The molecular weight excluding hydrogens is 551 g/mol. The highest BCUT2D eigenvalue weighted by Crippen LogP contribution is 2.43. The fraction of sp³-hybridized carbons (Fsp3) is 0.433. The number of hydrogen-bond donors (Lipinski definition) is 4. The van der Waals surface area contributed by atoms with Gasteiger partial charge in [-0.15, -0.1) is 0 Å². The van der Waals surface area contributed by atoms with Gasteiger partial charge in [-0.3, -0.25) is 9.59 Å². The molecule has 42 heavy (non-hydrogen) atoms. The molecule has 0 radical (unpaired) electrons. The van der Waals surface area contributed by atoms with Gasteiger partial charge in [0, 0.05) is 62.7 Å². The summed E-state index contributed by atoms with van der Waals surface area (Å²) in [5.74, 6) is -2.77. The minimum atomic E-state index is -1.24. The molecule has 3 unspecified atom stereocenters. The van der Waals surface area contributed by atoms with Crippen LogP contribution in [0.5, 0.6) is 5.75 Å². The Morgan fingerprint density at radius 3 is 2.62 bits per heavy atom. The van der Waals surface area contributed by atoms with Crippen LogP contribution in [0, 0.1) is 23.0 Å². The van der Waals surface area contributed by atoms with E-state index in [2.05, 4.69) is 10.6 Å². The molecule has 1 aliphatic heterocycles. The van der Waals surface area contributed by atoms with Gasteiger partial charge in [-0.2, -0.15) is 0 Å². The molecule has 1 saturated heterocycles. The smallest absolute Gasteiger partial charge is 0.248 e. The number of aromatic hydroxyl groups is 1. The monoisotopic (exact) mass is 587 g/mol. The lowest BCUT2D eigenvalue weighted by Gasteiger charge is -2.42. The number of phenolic OH excluding ortho intramolecular Hbond substituents is 1. The number of nitrogens with one attached hydrogen (secondary N) is 2. The van der Waals surface area contributed by atoms with Gasteiger partial charge in [-0.05, 0) is 35.9 Å². The lowest BCUT2D eigenvalue weighted by molar-refractivity contribution is -0.142. The van der Waals surface area contributed by atoms with E-state index in [4.69, 9.17) is 4.98 Å². The van der Waals surface area contributed by atoms with Gasteiger partial charge in [0.25, 0.3) is 0 Å². The summed E-state index contributed by atoms with van der Waals surface area (Å²) in [6.45, 7) is 3.07. The standard InChI is InChI=1S/C30H36F3N5O4/c1-30(2,11-26(41)34-3)28(38(27(42)17-39)15-19-12-35-13-24(19)33)29-36-25(22-10-20(31)7-8-23(22)32)16-37(29)14-18-5-4-6-21(40)9-18/h4-10,16,19,24,28,35,39-40H,11-15,17H2,1-3H3,(H,34,41). The molecule has 2 amide bonds. The predicted octanol–water partition coefficient (Wildman–Crippen LogP) is 3.16. The van der Waals surface area contributed by atoms with Crippen molar-refractivity contribution in [2.75, 3.05) is 33.3 Å². The first-order chi connectivity index (χ1) is 19.9. The Kier molecular flexibility index (Phi) is 9.57. The third kappa shape index (κ3) is 6.93. The van der Waals surface area contributed by atoms with Crippen LogP contribution >= 0.6 is 0 Å². The van der Waals surface area contributed by atoms with Crippen LogP contribution in [-0.4, -0.2) is 75.9 Å². The maximum atomic E-state index is 14.9. The van der Waals surface area contributed by atoms with E-state index in [1.807, 2.05) is 0 Å². The minimum absolute atomic E-state index is 0.0156. The van der Waals surface area contributed by atoms with Crippen LogP contribution < -0.4 is 10.6 Å². The Bertz CT molecular complexity index is 1430. The number of carbonyl (C=O) groups is 2. The maximum Gasteiger partial charge on any atom is 0.248 e. The molecule has 226 valence electrons. The maximum absolute atomic E-state index is 14.9. The van der Waals surface area contributed by atoms with Crippen molar-refractivity contribution in [1.82, 2.24) is 25.1 Å². The summed E-state index contributed by atoms with van der Waals surface area (Å²) in [5, 5.41) is 25.6. The third-order valence-corrected chi connectivity index (χ3v) is 7.61. The molecule has 4 rings (SSSR count). The van der Waals surface area contributed by atoms with Crippen molar-refractivity contribution in [1.29, 1.82) is 0 Å². The Hall–Kier alpha value is -3.90. The summed E-state index contributed by atoms with van der Waals surface area (Å²) in [7, 11) is 1.48. The molecule has 0 spiro atoms. The SMILES string of the molecule is CNC(=O)CC(C)(C)C(c1nc(-c2cc(F)ccc2F)cn1Cc1cccc(O)c1)N(CC1CNCC1F)C(=O)CO. The quantitative estimate of drug-likeness (QED) is 0.274. The number of alkyl halides is 1. The summed E-state index contributed by atoms with van der Waals surface area (Å²) in [5.41, 5.74) is -0.433. The lowest BCUT2D eigenvalue weighted by atomic mass is 9.78. The molecule has 4 N–H and O–H groups in total. The number of imidazole rings is 1. The van der Waals surface area contributed by atoms with Crippen LogP contribution in [0.4, 0.5) is 13.2 Å². The summed E-state index contributed by atoms with van der Waals surface area (Å²) in [6, 6.07) is 8.43. The van der Waals surface area contributed by atoms with Crippen molar-refractivity contribution in [3.8, 4) is 17.0 Å². The largest absolute Gasteiger partial charge is 0.508 e. The summed E-state index contributed by atoms with van der Waals surface area (Å²) in [6.07, 6.45) is 0.191. The number of phenols is 1. The summed E-state index contributed by atoms with van der Waals surface area (Å²) >= 11 is 0. The molecule has 12 heteroatoms. The number of amides is 2. The van der Waals surface area contributed by atoms with E-state index < -0.39 is 47.7 Å². The van der Waals surface area contributed by atoms with Crippen LogP contribution in [-0.2, 0) is 16.1 Å². The molecule has 1 aromatic heterocycles. The van der Waals surface area contributed by atoms with Crippen molar-refractivity contribution >= 4 is 11.8 Å². The first kappa shape index (κ1) is 31.0. The van der Waals surface area contributed by atoms with E-state index in [-0.39, 0.29) is 54.8 Å². The zero-order chi connectivity index (χ0) is 30.6. The van der Waals surface area contributed by atoms with Crippen molar-refractivity contribution < 1.29 is 33.0 Å². The van der Waals surface area contributed by atoms with Crippen molar-refractivity contribution in [2.24, 2.45) is 11.3 Å². The van der Waals surface area contributed by atoms with E-state index in [0.29, 0.717) is 12.1 Å². The highest BCUT2D eigenvalue weighted by atomic mass is 19.1. The van der Waals surface area contributed by atoms with Gasteiger partial charge in [0.1, 0.15) is 36.0 Å². The van der Waals surface area contributed by atoms with E-state index in [1.165, 1.54) is 30.3 Å². The zero-order valence-electron chi connectivity index (χ0n) is 23.8. The van der Waals surface area contributed by atoms with Gasteiger partial charge in [0.15, 0.2) is 0 Å². The Morgan fingerprint density at radius 2 is 1.98 bits per heavy atom. The van der Waals surface area contributed by atoms with Gasteiger partial charge >= 0.3 is 0 Å². The summed E-state index contributed by atoms with van der Waals surface area (Å²) in [4.78, 5) is 32.1. The first-order valence-corrected chi connectivity index (χ1v) is 13.7. The van der Waals surface area contributed by atoms with Crippen LogP contribution in [0.1, 0.15) is 37.7 Å². The molecular formula is C30H36F3N5O4. The van der Waals surface area contributed by atoms with E-state index in [1.54, 1.807) is 30.5 Å². The predicted molar refractivity (Wildman–Crippen MR) is 150 cm³/mol. The van der Waals surface area contributed by atoms with Gasteiger partial charge in [-0.1, -0.05) is 26.0 Å². The molecule has 9 nitrogen and oxygen atoms in total. The second-order valence-electron chi connectivity index (χ2n) is 11.3. The average molecular weight is 588 g/mol. The molecule has 3 atom stereocenters. The molecule has 0 saturated carbocycles. The molecule has 0 bridgehead atoms. The fourth-order valence-electron chi connectivity index (χ4n) is 5.53. The van der Waals surface area contributed by atoms with Crippen molar-refractivity contribution in [3.05, 3.63) is 71.7 Å². The molecule has 0 aliphatic carbocycles. The van der Waals surface area contributed by atoms with Gasteiger partial charge in [0.05, 0.1) is 11.7 Å². The lowest BCUT2D eigenvalue weighted by Crippen LogP contribution is -2.48. The number of carbonyl (C=O) groups excluding carboxylic acids is 2. The number of aromatic nitrogens is 2. The first-order valence-electron chi connectivity index (χ1n) is 13.7. The number of halogens is 3. The van der Waals surface area contributed by atoms with Crippen molar-refractivity contribution in [3.63, 3.8) is 0 Å². The molecule has 1 aliphatic rings. The van der Waals surface area contributed by atoms with E-state index in [0.717, 1.165) is 18.2 Å². The van der Waals surface area contributed by atoms with Gasteiger partial charge in [-0.25, -0.2) is 18.2 Å². The van der Waals surface area contributed by atoms with E-state index >= 15 is 0 Å². The number of rotatable bonds is 11. The highest BCUT2D eigenvalue weighted by molar-refractivity contribution is 5.79. The molecule has 1 fully saturated rings. The molecule has 3 aromatic rings. The Labute approximate surface area is 242 Å². The second-order valence-corrected chi connectivity index (χ2v) is 11.3. The Morgan fingerprint density at radius 1 is 1.21 bits per heavy atom. The van der Waals surface area contributed by atoms with Gasteiger partial charge in [0.2, 0.25) is 11.8 Å². The number of nitrogens with zero attached hydrogens (tertiary/aromatic N) is 3. The number of hydrogen-bond acceptors (Lipinski definition) is 6.